The highest BCUT2D eigenvalue weighted by molar-refractivity contribution is 7.89. The molecule has 1 fully saturated rings. The summed E-state index contributed by atoms with van der Waals surface area (Å²) in [4.78, 5) is 0. The van der Waals surface area contributed by atoms with Crippen LogP contribution in [0.3, 0.4) is 0 Å². The van der Waals surface area contributed by atoms with E-state index < -0.39 is 16.1 Å². The van der Waals surface area contributed by atoms with Gasteiger partial charge in [-0.1, -0.05) is 34.6 Å². The van der Waals surface area contributed by atoms with Gasteiger partial charge in [0.15, 0.2) is 0 Å². The van der Waals surface area contributed by atoms with Gasteiger partial charge in [0.05, 0.1) is 11.9 Å². The Bertz CT molecular complexity index is 368. The summed E-state index contributed by atoms with van der Waals surface area (Å²) >= 11 is 0. The maximum absolute atomic E-state index is 11.9. The van der Waals surface area contributed by atoms with Crippen LogP contribution in [0.25, 0.3) is 0 Å². The van der Waals surface area contributed by atoms with Crippen LogP contribution in [0.15, 0.2) is 0 Å². The summed E-state index contributed by atoms with van der Waals surface area (Å²) in [6, 6.07) is -0.137. The van der Waals surface area contributed by atoms with Gasteiger partial charge in [0.25, 0.3) is 0 Å². The van der Waals surface area contributed by atoms with Gasteiger partial charge in [-0.2, -0.15) is 0 Å². The first kappa shape index (κ1) is 14.9. The van der Waals surface area contributed by atoms with E-state index in [1.807, 2.05) is 34.6 Å². The van der Waals surface area contributed by atoms with Gasteiger partial charge >= 0.3 is 0 Å². The van der Waals surface area contributed by atoms with Crippen LogP contribution in [0, 0.1) is 10.8 Å². The molecule has 2 N–H and O–H groups in total. The van der Waals surface area contributed by atoms with Gasteiger partial charge in [0, 0.05) is 11.5 Å². The lowest BCUT2D eigenvalue weighted by atomic mass is 9.65. The summed E-state index contributed by atoms with van der Waals surface area (Å²) in [5.41, 5.74) is -0.335. The van der Waals surface area contributed by atoms with Gasteiger partial charge in [-0.05, 0) is 18.3 Å². The molecular weight excluding hydrogens is 238 g/mol. The average molecular weight is 263 g/mol. The number of hydrogen-bond donors (Lipinski definition) is 2. The second-order valence-electron chi connectivity index (χ2n) is 6.87. The Morgan fingerprint density at radius 1 is 1.35 bits per heavy atom. The minimum Gasteiger partial charge on any atom is -0.392 e. The lowest BCUT2D eigenvalue weighted by Gasteiger charge is -2.49. The van der Waals surface area contributed by atoms with Crippen LogP contribution in [0.2, 0.25) is 0 Å². The van der Waals surface area contributed by atoms with Crippen molar-refractivity contribution in [1.29, 1.82) is 0 Å². The zero-order valence-corrected chi connectivity index (χ0v) is 12.3. The van der Waals surface area contributed by atoms with Crippen molar-refractivity contribution in [3.63, 3.8) is 0 Å². The van der Waals surface area contributed by atoms with E-state index >= 15 is 0 Å². The second-order valence-corrected chi connectivity index (χ2v) is 8.75. The highest BCUT2D eigenvalue weighted by atomic mass is 32.2. The second kappa shape index (κ2) is 4.52. The van der Waals surface area contributed by atoms with E-state index in [2.05, 4.69) is 4.72 Å². The van der Waals surface area contributed by atoms with E-state index in [0.717, 1.165) is 0 Å². The van der Waals surface area contributed by atoms with Gasteiger partial charge in [0.2, 0.25) is 10.0 Å². The number of sulfonamides is 1. The lowest BCUT2D eigenvalue weighted by Crippen LogP contribution is -2.61. The van der Waals surface area contributed by atoms with Gasteiger partial charge in [0.1, 0.15) is 0 Å². The van der Waals surface area contributed by atoms with Crippen molar-refractivity contribution < 1.29 is 13.5 Å². The monoisotopic (exact) mass is 263 g/mol. The van der Waals surface area contributed by atoms with Crippen molar-refractivity contribution in [2.75, 3.05) is 5.75 Å². The smallest absolute Gasteiger partial charge is 0.211 e. The molecule has 4 nitrogen and oxygen atoms in total. The third-order valence-corrected chi connectivity index (χ3v) is 5.04. The Morgan fingerprint density at radius 3 is 2.24 bits per heavy atom. The predicted molar refractivity (Wildman–Crippen MR) is 69.2 cm³/mol. The van der Waals surface area contributed by atoms with Crippen LogP contribution in [0.1, 0.15) is 47.5 Å². The molecule has 0 aliphatic heterocycles. The first-order valence-electron chi connectivity index (χ1n) is 6.12. The van der Waals surface area contributed by atoms with E-state index in [9.17, 15) is 13.5 Å². The fourth-order valence-electron chi connectivity index (χ4n) is 1.82. The molecule has 2 unspecified atom stereocenters. The zero-order chi connectivity index (χ0) is 13.5. The summed E-state index contributed by atoms with van der Waals surface area (Å²) in [5.74, 6) is 0.152. The van der Waals surface area contributed by atoms with E-state index in [0.29, 0.717) is 12.8 Å². The van der Waals surface area contributed by atoms with Crippen molar-refractivity contribution >= 4 is 10.0 Å². The zero-order valence-electron chi connectivity index (χ0n) is 11.4. The molecule has 5 heteroatoms. The molecule has 0 spiro atoms. The van der Waals surface area contributed by atoms with Crippen molar-refractivity contribution in [2.45, 2.75) is 59.6 Å². The Hall–Kier alpha value is -0.130. The molecule has 17 heavy (non-hydrogen) atoms. The topological polar surface area (TPSA) is 66.4 Å². The molecule has 0 radical (unpaired) electrons. The number of rotatable bonds is 4. The van der Waals surface area contributed by atoms with Crippen LogP contribution in [0.5, 0.6) is 0 Å². The van der Waals surface area contributed by atoms with Crippen molar-refractivity contribution in [1.82, 2.24) is 4.72 Å². The molecule has 0 bridgehead atoms. The molecule has 1 aliphatic carbocycles. The van der Waals surface area contributed by atoms with Crippen LogP contribution in [-0.4, -0.2) is 31.4 Å². The number of nitrogens with one attached hydrogen (secondary N) is 1. The van der Waals surface area contributed by atoms with Gasteiger partial charge < -0.3 is 5.11 Å². The van der Waals surface area contributed by atoms with Gasteiger partial charge in [-0.3, -0.25) is 0 Å². The Labute approximate surface area is 105 Å². The highest BCUT2D eigenvalue weighted by Crippen LogP contribution is 2.40. The van der Waals surface area contributed by atoms with E-state index in [-0.39, 0.29) is 22.6 Å². The highest BCUT2D eigenvalue weighted by Gasteiger charge is 2.48. The van der Waals surface area contributed by atoms with Crippen LogP contribution >= 0.6 is 0 Å². The Balaban J connectivity index is 2.52. The third kappa shape index (κ3) is 3.93. The number of aliphatic hydroxyl groups excluding tert-OH is 1. The molecule has 2 atom stereocenters. The van der Waals surface area contributed by atoms with Crippen LogP contribution in [0.4, 0.5) is 0 Å². The number of aliphatic hydroxyl groups is 1. The molecule has 0 aromatic carbocycles. The quantitative estimate of drug-likeness (QED) is 0.808. The van der Waals surface area contributed by atoms with Crippen molar-refractivity contribution in [3.8, 4) is 0 Å². The minimum atomic E-state index is -3.23. The van der Waals surface area contributed by atoms with Crippen LogP contribution in [-0.2, 0) is 10.0 Å². The minimum absolute atomic E-state index is 0.0173. The number of hydrogen-bond acceptors (Lipinski definition) is 3. The van der Waals surface area contributed by atoms with E-state index in [4.69, 9.17) is 0 Å². The first-order chi connectivity index (χ1) is 7.44. The SMILES string of the molecule is CC(C)(C)CCS(=O)(=O)NC1CC(O)C1(C)C. The summed E-state index contributed by atoms with van der Waals surface area (Å²) in [6.07, 6.45) is 0.748. The summed E-state index contributed by atoms with van der Waals surface area (Å²) in [6.45, 7) is 9.86. The molecule has 0 heterocycles. The lowest BCUT2D eigenvalue weighted by molar-refractivity contribution is -0.0645. The molecule has 0 saturated heterocycles. The maximum Gasteiger partial charge on any atom is 0.211 e. The molecule has 0 aromatic rings. The van der Waals surface area contributed by atoms with Crippen molar-refractivity contribution in [3.05, 3.63) is 0 Å². The molecule has 1 rings (SSSR count). The summed E-state index contributed by atoms with van der Waals surface area (Å²) in [7, 11) is -3.23. The van der Waals surface area contributed by atoms with Gasteiger partial charge in [-0.25, -0.2) is 13.1 Å². The van der Waals surface area contributed by atoms with Crippen LogP contribution < -0.4 is 4.72 Å². The fraction of sp³-hybridized carbons (Fsp3) is 1.00. The normalized spacial score (nSPS) is 28.8. The van der Waals surface area contributed by atoms with Gasteiger partial charge in [-0.15, -0.1) is 0 Å². The molecule has 0 aromatic heterocycles. The summed E-state index contributed by atoms with van der Waals surface area (Å²) < 4.78 is 26.5. The molecule has 0 amide bonds. The average Bonchev–Trinajstić information content (AvgIpc) is 2.13. The largest absolute Gasteiger partial charge is 0.392 e. The third-order valence-electron chi connectivity index (χ3n) is 3.66. The van der Waals surface area contributed by atoms with E-state index in [1.54, 1.807) is 0 Å². The molecule has 102 valence electrons. The fourth-order valence-corrected chi connectivity index (χ4v) is 3.65. The van der Waals surface area contributed by atoms with Crippen molar-refractivity contribution in [2.24, 2.45) is 10.8 Å². The Morgan fingerprint density at radius 2 is 1.88 bits per heavy atom. The molecule has 1 aliphatic rings. The maximum atomic E-state index is 11.9. The summed E-state index contributed by atoms with van der Waals surface area (Å²) in [5, 5.41) is 9.57. The Kier molecular flexibility index (Phi) is 3.97. The molecular formula is C12H25NO3S. The first-order valence-corrected chi connectivity index (χ1v) is 7.77. The standard InChI is InChI=1S/C12H25NO3S/c1-11(2,3)6-7-17(15,16)13-9-8-10(14)12(9,4)5/h9-10,13-14H,6-8H2,1-5H3. The molecule has 1 saturated carbocycles. The predicted octanol–water partition coefficient (Wildman–Crippen LogP) is 1.50. The van der Waals surface area contributed by atoms with E-state index in [1.165, 1.54) is 0 Å².